The number of carbonyl (C=O) groups excluding carboxylic acids is 1. The van der Waals surface area contributed by atoms with Crippen LogP contribution < -0.4 is 10.3 Å². The minimum Gasteiger partial charge on any atom is -0.477 e. The van der Waals surface area contributed by atoms with E-state index in [-0.39, 0.29) is 51.4 Å². The summed E-state index contributed by atoms with van der Waals surface area (Å²) in [4.78, 5) is 41.4. The molecule has 3 aromatic rings. The van der Waals surface area contributed by atoms with Crippen LogP contribution in [-0.4, -0.2) is 106 Å². The van der Waals surface area contributed by atoms with Gasteiger partial charge >= 0.3 is 0 Å². The van der Waals surface area contributed by atoms with E-state index in [1.807, 2.05) is 13.8 Å². The average Bonchev–Trinajstić information content (AvgIpc) is 3.29. The highest BCUT2D eigenvalue weighted by molar-refractivity contribution is 7.89. The topological polar surface area (TPSA) is 147 Å². The highest BCUT2D eigenvalue weighted by Crippen LogP contribution is 2.30. The molecule has 0 radical (unpaired) electrons. The largest absolute Gasteiger partial charge is 0.477 e. The number of nitrogens with zero attached hydrogens (tertiary/aromatic N) is 7. The summed E-state index contributed by atoms with van der Waals surface area (Å²) >= 11 is 0. The Morgan fingerprint density at radius 2 is 1.76 bits per heavy atom. The maximum absolute atomic E-state index is 13.4. The summed E-state index contributed by atoms with van der Waals surface area (Å²) < 4.78 is 35.5. The Balaban J connectivity index is 1.61. The maximum atomic E-state index is 13.4. The van der Waals surface area contributed by atoms with Gasteiger partial charge in [0.25, 0.3) is 11.5 Å². The first-order valence-corrected chi connectivity index (χ1v) is 13.9. The predicted octanol–water partition coefficient (Wildman–Crippen LogP) is 0.382. The molecule has 37 heavy (non-hydrogen) atoms. The van der Waals surface area contributed by atoms with Crippen LogP contribution in [-0.2, 0) is 16.6 Å². The fourth-order valence-electron chi connectivity index (χ4n) is 4.72. The monoisotopic (exact) mass is 530 g/mol. The van der Waals surface area contributed by atoms with Crippen molar-refractivity contribution in [1.29, 1.82) is 0 Å². The Bertz CT molecular complexity index is 1510. The lowest BCUT2D eigenvalue weighted by atomic mass is 10.2. The number of hydrogen-bond donors (Lipinski definition) is 1. The second-order valence-electron chi connectivity index (χ2n) is 8.86. The minimum absolute atomic E-state index is 0.0242. The highest BCUT2D eigenvalue weighted by atomic mass is 32.2. The van der Waals surface area contributed by atoms with E-state index in [0.717, 1.165) is 6.54 Å². The molecule has 1 amide bonds. The van der Waals surface area contributed by atoms with E-state index in [1.54, 1.807) is 11.8 Å². The van der Waals surface area contributed by atoms with E-state index in [1.165, 1.54) is 21.3 Å². The Morgan fingerprint density at radius 3 is 2.43 bits per heavy atom. The summed E-state index contributed by atoms with van der Waals surface area (Å²) in [7, 11) is -3.84. The Kier molecular flexibility index (Phi) is 6.72. The lowest BCUT2D eigenvalue weighted by Crippen LogP contribution is -2.48. The molecule has 0 unspecified atom stereocenters. The van der Waals surface area contributed by atoms with Crippen LogP contribution >= 0.6 is 0 Å². The lowest BCUT2D eigenvalue weighted by molar-refractivity contribution is 0.0710. The van der Waals surface area contributed by atoms with Gasteiger partial charge in [-0.1, -0.05) is 6.92 Å². The molecule has 2 aliphatic rings. The van der Waals surface area contributed by atoms with Gasteiger partial charge in [0.1, 0.15) is 16.2 Å². The van der Waals surface area contributed by atoms with Crippen LogP contribution in [0.15, 0.2) is 22.0 Å². The number of piperazine rings is 1. The number of aromatic amines is 1. The fourth-order valence-corrected chi connectivity index (χ4v) is 6.11. The quantitative estimate of drug-likeness (QED) is 0.458. The van der Waals surface area contributed by atoms with Crippen molar-refractivity contribution in [2.24, 2.45) is 0 Å². The fraction of sp³-hybridized carbons (Fsp3) is 0.522. The molecule has 0 saturated carbocycles. The molecule has 1 fully saturated rings. The zero-order valence-electron chi connectivity index (χ0n) is 21.1. The molecule has 0 bridgehead atoms. The summed E-state index contributed by atoms with van der Waals surface area (Å²) in [6.07, 6.45) is 1.26. The number of H-pyrrole nitrogens is 1. The van der Waals surface area contributed by atoms with Gasteiger partial charge in [0.05, 0.1) is 24.9 Å². The molecule has 0 aromatic carbocycles. The summed E-state index contributed by atoms with van der Waals surface area (Å²) in [6, 6.07) is 1.42. The molecular formula is C23H30N8O5S. The van der Waals surface area contributed by atoms with E-state index in [2.05, 4.69) is 25.0 Å². The molecule has 198 valence electrons. The minimum atomic E-state index is -3.84. The Labute approximate surface area is 214 Å². The third-order valence-corrected chi connectivity index (χ3v) is 8.69. The summed E-state index contributed by atoms with van der Waals surface area (Å²) in [5.41, 5.74) is 0.120. The summed E-state index contributed by atoms with van der Waals surface area (Å²) in [5, 5.41) is 4.31. The number of ether oxygens (including phenoxy) is 1. The summed E-state index contributed by atoms with van der Waals surface area (Å²) in [5.74, 6) is -0.0770. The van der Waals surface area contributed by atoms with Crippen LogP contribution in [0.5, 0.6) is 5.88 Å². The SMILES string of the molecule is CCOc1ncc(S(=O)(=O)N2CCN(CC)CC2)cc1-c1nc2c3n(nc2c(=O)[nH]1)CCN(CC)C3=O. The first-order valence-electron chi connectivity index (χ1n) is 12.4. The van der Waals surface area contributed by atoms with Crippen LogP contribution in [0.3, 0.4) is 0 Å². The molecular weight excluding hydrogens is 500 g/mol. The number of amides is 1. The smallest absolute Gasteiger partial charge is 0.279 e. The van der Waals surface area contributed by atoms with Crippen molar-refractivity contribution in [3.8, 4) is 17.3 Å². The van der Waals surface area contributed by atoms with Crippen LogP contribution in [0.2, 0.25) is 0 Å². The number of fused-ring (bicyclic) bond motifs is 3. The Morgan fingerprint density at radius 1 is 1.00 bits per heavy atom. The van der Waals surface area contributed by atoms with Crippen molar-refractivity contribution < 1.29 is 17.9 Å². The number of rotatable bonds is 7. The second kappa shape index (κ2) is 9.84. The Hall–Kier alpha value is -3.36. The standard InChI is InChI=1S/C23H30N8O5S/c1-4-28-7-10-30(11-8-28)37(34,35)15-13-16(22(24-14-15)36-6-3)20-25-17-18(21(32)26-20)27-31-12-9-29(5-2)23(33)19(17)31/h13-14H,4-12H2,1-3H3,(H,25,26,32). The number of nitrogens with one attached hydrogen (secondary N) is 1. The zero-order chi connectivity index (χ0) is 26.3. The molecule has 1 N–H and O–H groups in total. The third-order valence-electron chi connectivity index (χ3n) is 6.83. The molecule has 14 heteroatoms. The maximum Gasteiger partial charge on any atom is 0.279 e. The van der Waals surface area contributed by atoms with Crippen LogP contribution in [0.1, 0.15) is 31.3 Å². The molecule has 3 aromatic heterocycles. The number of pyridine rings is 1. The van der Waals surface area contributed by atoms with Crippen molar-refractivity contribution in [1.82, 2.24) is 38.8 Å². The number of hydrogen-bond acceptors (Lipinski definition) is 9. The first kappa shape index (κ1) is 25.3. The van der Waals surface area contributed by atoms with Gasteiger partial charge in [0.2, 0.25) is 15.9 Å². The normalized spacial score (nSPS) is 17.4. The molecule has 13 nitrogen and oxygen atoms in total. The molecule has 1 saturated heterocycles. The van der Waals surface area contributed by atoms with E-state index in [4.69, 9.17) is 4.74 Å². The molecule has 0 aliphatic carbocycles. The summed E-state index contributed by atoms with van der Waals surface area (Å²) in [6.45, 7) is 10.3. The van der Waals surface area contributed by atoms with Gasteiger partial charge in [-0.3, -0.25) is 14.3 Å². The van der Waals surface area contributed by atoms with Gasteiger partial charge in [-0.05, 0) is 26.5 Å². The average molecular weight is 531 g/mol. The number of aromatic nitrogens is 5. The third kappa shape index (κ3) is 4.38. The van der Waals surface area contributed by atoms with Gasteiger partial charge < -0.3 is 19.5 Å². The van der Waals surface area contributed by atoms with E-state index in [0.29, 0.717) is 45.8 Å². The molecule has 5 heterocycles. The van der Waals surface area contributed by atoms with Crippen LogP contribution in [0.25, 0.3) is 22.4 Å². The highest BCUT2D eigenvalue weighted by Gasteiger charge is 2.32. The van der Waals surface area contributed by atoms with Crippen molar-refractivity contribution >= 4 is 27.0 Å². The van der Waals surface area contributed by atoms with Crippen LogP contribution in [0, 0.1) is 0 Å². The number of carbonyl (C=O) groups is 1. The van der Waals surface area contributed by atoms with E-state index >= 15 is 0 Å². The van der Waals surface area contributed by atoms with Gasteiger partial charge in [-0.2, -0.15) is 9.40 Å². The molecule has 0 atom stereocenters. The molecule has 5 rings (SSSR count). The molecule has 0 spiro atoms. The van der Waals surface area contributed by atoms with Gasteiger partial charge in [0, 0.05) is 39.3 Å². The predicted molar refractivity (Wildman–Crippen MR) is 135 cm³/mol. The van der Waals surface area contributed by atoms with Gasteiger partial charge in [0.15, 0.2) is 11.2 Å². The van der Waals surface area contributed by atoms with Crippen LogP contribution in [0.4, 0.5) is 0 Å². The first-order chi connectivity index (χ1) is 17.8. The molecule has 2 aliphatic heterocycles. The number of likely N-dealkylation sites (N-methyl/N-ethyl adjacent to an activating group) is 2. The van der Waals surface area contributed by atoms with Crippen molar-refractivity contribution in [2.45, 2.75) is 32.2 Å². The van der Waals surface area contributed by atoms with E-state index < -0.39 is 15.6 Å². The zero-order valence-corrected chi connectivity index (χ0v) is 21.9. The van der Waals surface area contributed by atoms with Crippen molar-refractivity contribution in [3.05, 3.63) is 28.3 Å². The van der Waals surface area contributed by atoms with E-state index in [9.17, 15) is 18.0 Å². The lowest BCUT2D eigenvalue weighted by Gasteiger charge is -2.33. The van der Waals surface area contributed by atoms with Crippen molar-refractivity contribution in [2.75, 3.05) is 52.4 Å². The van der Waals surface area contributed by atoms with Gasteiger partial charge in [-0.25, -0.2) is 18.4 Å². The second-order valence-corrected chi connectivity index (χ2v) is 10.8. The van der Waals surface area contributed by atoms with Gasteiger partial charge in [-0.15, -0.1) is 0 Å². The number of sulfonamides is 1. The van der Waals surface area contributed by atoms with Crippen molar-refractivity contribution in [3.63, 3.8) is 0 Å².